The quantitative estimate of drug-likeness (QED) is 0.291. The van der Waals surface area contributed by atoms with E-state index in [1.807, 2.05) is 16.6 Å². The minimum atomic E-state index is -0.166. The Morgan fingerprint density at radius 2 is 1.80 bits per heavy atom. The average molecular weight is 459 g/mol. The summed E-state index contributed by atoms with van der Waals surface area (Å²) < 4.78 is 10.4. The Kier molecular flexibility index (Phi) is 5.12. The van der Waals surface area contributed by atoms with Crippen LogP contribution in [0, 0.1) is 0 Å². The highest BCUT2D eigenvalue weighted by Gasteiger charge is 2.34. The van der Waals surface area contributed by atoms with Gasteiger partial charge in [0.1, 0.15) is 4.83 Å². The maximum Gasteiger partial charge on any atom is 0.245 e. The molecule has 1 aliphatic heterocycles. The molecule has 30 heavy (non-hydrogen) atoms. The van der Waals surface area contributed by atoms with Crippen molar-refractivity contribution in [3.05, 3.63) is 35.8 Å². The fourth-order valence-electron chi connectivity index (χ4n) is 3.73. The molecule has 0 N–H and O–H groups in total. The second-order valence-electron chi connectivity index (χ2n) is 7.41. The van der Waals surface area contributed by atoms with Gasteiger partial charge in [-0.2, -0.15) is 0 Å². The van der Waals surface area contributed by atoms with Crippen LogP contribution in [0.5, 0.6) is 0 Å². The monoisotopic (exact) mass is 458 g/mol. The van der Waals surface area contributed by atoms with Gasteiger partial charge in [0.25, 0.3) is 0 Å². The second-order valence-corrected chi connectivity index (χ2v) is 10.5. The molecule has 1 aliphatic rings. The first-order valence-corrected chi connectivity index (χ1v) is 12.6. The van der Waals surface area contributed by atoms with E-state index in [0.717, 1.165) is 56.3 Å². The summed E-state index contributed by atoms with van der Waals surface area (Å²) >= 11 is 4.97. The fourth-order valence-corrected chi connectivity index (χ4v) is 6.34. The summed E-state index contributed by atoms with van der Waals surface area (Å²) in [6.07, 6.45) is 5.57. The summed E-state index contributed by atoms with van der Waals surface area (Å²) in [5.74, 6) is 2.25. The van der Waals surface area contributed by atoms with E-state index in [1.165, 1.54) is 10.4 Å². The van der Waals surface area contributed by atoms with Crippen LogP contribution >= 0.6 is 34.9 Å². The molecule has 0 bridgehead atoms. The number of thiophene rings is 1. The first-order valence-electron chi connectivity index (χ1n) is 9.78. The van der Waals surface area contributed by atoms with Crippen LogP contribution in [0.1, 0.15) is 30.7 Å². The van der Waals surface area contributed by atoms with Crippen LogP contribution in [-0.2, 0) is 17.8 Å². The predicted molar refractivity (Wildman–Crippen MR) is 124 cm³/mol. The molecule has 5 rings (SSSR count). The van der Waals surface area contributed by atoms with Gasteiger partial charge < -0.3 is 4.74 Å². The molecule has 0 aliphatic carbocycles. The zero-order valence-electron chi connectivity index (χ0n) is 16.9. The fraction of sp³-hybridized carbons (Fsp3) is 0.400. The molecule has 10 heteroatoms. The van der Waals surface area contributed by atoms with Crippen molar-refractivity contribution in [1.29, 1.82) is 0 Å². The van der Waals surface area contributed by atoms with Crippen LogP contribution in [0.25, 0.3) is 21.6 Å². The minimum absolute atomic E-state index is 0.166. The third-order valence-electron chi connectivity index (χ3n) is 5.46. The van der Waals surface area contributed by atoms with Crippen LogP contribution < -0.4 is 0 Å². The number of thioether (sulfide) groups is 2. The number of nitrogens with zero attached hydrogens (tertiary/aromatic N) is 6. The minimum Gasteiger partial charge on any atom is -0.369 e. The summed E-state index contributed by atoms with van der Waals surface area (Å²) in [4.78, 5) is 2.36. The maximum absolute atomic E-state index is 6.22. The van der Waals surface area contributed by atoms with Crippen molar-refractivity contribution in [3.63, 3.8) is 0 Å². The van der Waals surface area contributed by atoms with Gasteiger partial charge in [-0.15, -0.1) is 44.9 Å². The molecule has 0 fully saturated rings. The Bertz CT molecular complexity index is 1290. The molecule has 0 spiro atoms. The highest BCUT2D eigenvalue weighted by molar-refractivity contribution is 7.99. The Morgan fingerprint density at radius 3 is 2.50 bits per heavy atom. The van der Waals surface area contributed by atoms with Crippen molar-refractivity contribution in [3.8, 4) is 0 Å². The number of ether oxygens (including phenoxy) is 1. The van der Waals surface area contributed by atoms with Gasteiger partial charge in [-0.3, -0.25) is 0 Å². The molecule has 0 aromatic carbocycles. The Labute approximate surface area is 186 Å². The smallest absolute Gasteiger partial charge is 0.245 e. The third-order valence-corrected chi connectivity index (χ3v) is 8.50. The summed E-state index contributed by atoms with van der Waals surface area (Å²) in [7, 11) is 0. The number of hydrogen-bond donors (Lipinski definition) is 0. The molecular weight excluding hydrogens is 436 g/mol. The van der Waals surface area contributed by atoms with E-state index >= 15 is 0 Å². The largest absolute Gasteiger partial charge is 0.369 e. The summed E-state index contributed by atoms with van der Waals surface area (Å²) in [6.45, 7) is 12.7. The van der Waals surface area contributed by atoms with Gasteiger partial charge >= 0.3 is 0 Å². The first kappa shape index (κ1) is 20.0. The highest BCUT2D eigenvalue weighted by Crippen LogP contribution is 2.43. The number of fused-ring (bicyclic) bond motifs is 8. The van der Waals surface area contributed by atoms with Crippen LogP contribution in [0.3, 0.4) is 0 Å². The van der Waals surface area contributed by atoms with E-state index < -0.39 is 0 Å². The summed E-state index contributed by atoms with van der Waals surface area (Å²) in [6, 6.07) is 0. The highest BCUT2D eigenvalue weighted by atomic mass is 32.2. The Morgan fingerprint density at radius 1 is 1.10 bits per heavy atom. The lowest BCUT2D eigenvalue weighted by Crippen LogP contribution is -2.33. The van der Waals surface area contributed by atoms with Gasteiger partial charge in [-0.05, 0) is 18.9 Å². The maximum atomic E-state index is 6.22. The van der Waals surface area contributed by atoms with Gasteiger partial charge in [0.2, 0.25) is 5.78 Å². The Balaban J connectivity index is 1.86. The molecule has 4 aromatic rings. The molecule has 1 atom stereocenters. The first-order chi connectivity index (χ1) is 14.6. The summed E-state index contributed by atoms with van der Waals surface area (Å²) in [5, 5.41) is 20.9. The molecule has 0 radical (unpaired) electrons. The van der Waals surface area contributed by atoms with E-state index in [-0.39, 0.29) is 5.60 Å². The Hall–Kier alpha value is -1.88. The predicted octanol–water partition coefficient (Wildman–Crippen LogP) is 4.78. The van der Waals surface area contributed by atoms with Gasteiger partial charge in [-0.25, -0.2) is 8.80 Å². The van der Waals surface area contributed by atoms with Crippen LogP contribution in [0.2, 0.25) is 0 Å². The van der Waals surface area contributed by atoms with Crippen molar-refractivity contribution in [2.45, 2.75) is 49.2 Å². The normalized spacial score (nSPS) is 19.0. The second kappa shape index (κ2) is 7.67. The molecule has 0 amide bonds. The van der Waals surface area contributed by atoms with E-state index in [2.05, 4.69) is 51.8 Å². The molecule has 0 saturated carbocycles. The van der Waals surface area contributed by atoms with Crippen molar-refractivity contribution in [2.75, 3.05) is 11.5 Å². The van der Waals surface area contributed by atoms with Crippen molar-refractivity contribution in [2.24, 2.45) is 0 Å². The molecule has 7 nitrogen and oxygen atoms in total. The van der Waals surface area contributed by atoms with Crippen molar-refractivity contribution in [1.82, 2.24) is 29.2 Å². The third kappa shape index (κ3) is 3.00. The molecular formula is C20H22N6OS3. The SMILES string of the molecule is C=CCSc1nnc2c3c4c(sc3n3c(SCC=C)nnc3n12)COC(C)(CC)C4. The molecule has 0 saturated heterocycles. The van der Waals surface area contributed by atoms with Crippen molar-refractivity contribution >= 4 is 56.5 Å². The zero-order chi connectivity index (χ0) is 20.9. The van der Waals surface area contributed by atoms with E-state index in [9.17, 15) is 0 Å². The van der Waals surface area contributed by atoms with E-state index in [4.69, 9.17) is 4.74 Å². The zero-order valence-corrected chi connectivity index (χ0v) is 19.4. The van der Waals surface area contributed by atoms with E-state index in [1.54, 1.807) is 34.9 Å². The van der Waals surface area contributed by atoms with Gasteiger partial charge in [0.15, 0.2) is 16.0 Å². The number of hydrogen-bond acceptors (Lipinski definition) is 8. The van der Waals surface area contributed by atoms with E-state index in [0.29, 0.717) is 6.61 Å². The topological polar surface area (TPSA) is 69.6 Å². The lowest BCUT2D eigenvalue weighted by Gasteiger charge is -2.32. The van der Waals surface area contributed by atoms with Gasteiger partial charge in [0.05, 0.1) is 17.6 Å². The molecule has 156 valence electrons. The molecule has 4 aromatic heterocycles. The lowest BCUT2D eigenvalue weighted by atomic mass is 9.90. The number of rotatable bonds is 7. The standard InChI is InChI=1S/C20H22N6OS3/c1-5-8-28-18-23-21-15-14-12-10-20(4,7-3)27-11-13(12)30-16(14)26-17(25(15)18)22-24-19(26)29-9-6-2/h5-6H,1-2,7-11H2,3-4H3. The van der Waals surface area contributed by atoms with Crippen LogP contribution in [-0.4, -0.2) is 46.3 Å². The van der Waals surface area contributed by atoms with Crippen LogP contribution in [0.15, 0.2) is 35.6 Å². The number of aromatic nitrogens is 6. The lowest BCUT2D eigenvalue weighted by molar-refractivity contribution is -0.0542. The van der Waals surface area contributed by atoms with Gasteiger partial charge in [-0.1, -0.05) is 42.6 Å². The summed E-state index contributed by atoms with van der Waals surface area (Å²) in [5.41, 5.74) is 1.99. The average Bonchev–Trinajstić information content (AvgIpc) is 3.45. The van der Waals surface area contributed by atoms with Crippen molar-refractivity contribution < 1.29 is 4.74 Å². The molecule has 5 heterocycles. The molecule has 1 unspecified atom stereocenters. The van der Waals surface area contributed by atoms with Gasteiger partial charge in [0, 0.05) is 22.8 Å². The van der Waals surface area contributed by atoms with Crippen LogP contribution in [0.4, 0.5) is 0 Å².